The Kier molecular flexibility index (Phi) is 6.15. The first-order valence-electron chi connectivity index (χ1n) is 7.27. The van der Waals surface area contributed by atoms with Crippen molar-refractivity contribution in [1.29, 1.82) is 0 Å². The Bertz CT molecular complexity index is 493. The van der Waals surface area contributed by atoms with E-state index in [0.717, 1.165) is 6.42 Å². The lowest BCUT2D eigenvalue weighted by atomic mass is 9.93. The number of hydrogen-bond acceptors (Lipinski definition) is 3. The Morgan fingerprint density at radius 1 is 1.52 bits per heavy atom. The van der Waals surface area contributed by atoms with Crippen LogP contribution < -0.4 is 15.8 Å². The number of amides is 1. The van der Waals surface area contributed by atoms with Crippen LogP contribution in [0, 0.1) is 12.7 Å². The van der Waals surface area contributed by atoms with Crippen LogP contribution in [0.15, 0.2) is 18.2 Å². The number of carbonyl (C=O) groups excluding carboxylic acids is 1. The van der Waals surface area contributed by atoms with E-state index in [1.54, 1.807) is 39.0 Å². The molecule has 0 aromatic heterocycles. The molecule has 0 heterocycles. The van der Waals surface area contributed by atoms with E-state index in [0.29, 0.717) is 18.5 Å². The number of primary amides is 1. The van der Waals surface area contributed by atoms with Crippen molar-refractivity contribution in [2.24, 2.45) is 5.73 Å². The molecule has 0 aliphatic carbocycles. The Morgan fingerprint density at radius 3 is 2.76 bits per heavy atom. The molecule has 0 saturated heterocycles. The first-order valence-corrected chi connectivity index (χ1v) is 7.27. The van der Waals surface area contributed by atoms with Crippen molar-refractivity contribution in [2.45, 2.75) is 52.2 Å². The summed E-state index contributed by atoms with van der Waals surface area (Å²) in [4.78, 5) is 11.7. The minimum absolute atomic E-state index is 0.199. The SMILES string of the molecule is CCCNC(C)(CC(C)Oc1cccc(C)c1F)C(N)=O. The summed E-state index contributed by atoms with van der Waals surface area (Å²) in [6, 6.07) is 5.01. The molecule has 1 amide bonds. The molecule has 118 valence electrons. The summed E-state index contributed by atoms with van der Waals surface area (Å²) in [6.07, 6.45) is 0.920. The maximum atomic E-state index is 13.9. The highest BCUT2D eigenvalue weighted by molar-refractivity contribution is 5.84. The molecule has 0 fully saturated rings. The minimum atomic E-state index is -0.865. The van der Waals surface area contributed by atoms with Gasteiger partial charge in [-0.05, 0) is 45.4 Å². The molecule has 21 heavy (non-hydrogen) atoms. The number of ether oxygens (including phenoxy) is 1. The maximum absolute atomic E-state index is 13.9. The van der Waals surface area contributed by atoms with Crippen LogP contribution in [-0.4, -0.2) is 24.1 Å². The molecule has 0 saturated carbocycles. The lowest BCUT2D eigenvalue weighted by Gasteiger charge is -2.30. The van der Waals surface area contributed by atoms with Crippen molar-refractivity contribution < 1.29 is 13.9 Å². The van der Waals surface area contributed by atoms with Gasteiger partial charge in [0.05, 0.1) is 11.6 Å². The Labute approximate surface area is 125 Å². The van der Waals surface area contributed by atoms with Gasteiger partial charge in [-0.25, -0.2) is 4.39 Å². The molecular weight excluding hydrogens is 271 g/mol. The highest BCUT2D eigenvalue weighted by Crippen LogP contribution is 2.23. The molecule has 1 aromatic carbocycles. The van der Waals surface area contributed by atoms with Crippen LogP contribution in [0.1, 0.15) is 39.2 Å². The fourth-order valence-corrected chi connectivity index (χ4v) is 2.21. The van der Waals surface area contributed by atoms with E-state index in [2.05, 4.69) is 5.32 Å². The molecule has 1 rings (SSSR count). The molecule has 1 aromatic rings. The number of benzene rings is 1. The van der Waals surface area contributed by atoms with E-state index in [4.69, 9.17) is 10.5 Å². The third-order valence-electron chi connectivity index (χ3n) is 3.49. The fourth-order valence-electron chi connectivity index (χ4n) is 2.21. The third-order valence-corrected chi connectivity index (χ3v) is 3.49. The van der Waals surface area contributed by atoms with Gasteiger partial charge in [-0.2, -0.15) is 0 Å². The Morgan fingerprint density at radius 2 is 2.19 bits per heavy atom. The largest absolute Gasteiger partial charge is 0.488 e. The molecule has 0 spiro atoms. The molecule has 4 nitrogen and oxygen atoms in total. The molecular formula is C16H25FN2O2. The zero-order valence-corrected chi connectivity index (χ0v) is 13.2. The van der Waals surface area contributed by atoms with Gasteiger partial charge in [0.1, 0.15) is 0 Å². The van der Waals surface area contributed by atoms with E-state index in [9.17, 15) is 9.18 Å². The van der Waals surface area contributed by atoms with E-state index in [-0.39, 0.29) is 17.7 Å². The van der Waals surface area contributed by atoms with Crippen molar-refractivity contribution in [3.63, 3.8) is 0 Å². The number of hydrogen-bond donors (Lipinski definition) is 2. The van der Waals surface area contributed by atoms with Crippen molar-refractivity contribution in [3.05, 3.63) is 29.6 Å². The molecule has 3 N–H and O–H groups in total. The normalized spacial score (nSPS) is 15.3. The number of nitrogens with one attached hydrogen (secondary N) is 1. The van der Waals surface area contributed by atoms with Crippen LogP contribution in [-0.2, 0) is 4.79 Å². The van der Waals surface area contributed by atoms with E-state index < -0.39 is 11.4 Å². The highest BCUT2D eigenvalue weighted by Gasteiger charge is 2.33. The summed E-state index contributed by atoms with van der Waals surface area (Å²) in [5.41, 5.74) is 5.14. The Hall–Kier alpha value is -1.62. The summed E-state index contributed by atoms with van der Waals surface area (Å²) in [6.45, 7) is 7.93. The van der Waals surface area contributed by atoms with Crippen LogP contribution in [0.3, 0.4) is 0 Å². The second kappa shape index (κ2) is 7.41. The van der Waals surface area contributed by atoms with Crippen molar-refractivity contribution in [3.8, 4) is 5.75 Å². The highest BCUT2D eigenvalue weighted by atomic mass is 19.1. The smallest absolute Gasteiger partial charge is 0.237 e. The number of rotatable bonds is 8. The maximum Gasteiger partial charge on any atom is 0.237 e. The fraction of sp³-hybridized carbons (Fsp3) is 0.562. The predicted octanol–water partition coefficient (Wildman–Crippen LogP) is 2.54. The molecule has 2 atom stereocenters. The third kappa shape index (κ3) is 4.70. The second-order valence-corrected chi connectivity index (χ2v) is 5.64. The quantitative estimate of drug-likeness (QED) is 0.775. The minimum Gasteiger partial charge on any atom is -0.488 e. The predicted molar refractivity (Wildman–Crippen MR) is 81.7 cm³/mol. The van der Waals surface area contributed by atoms with Crippen LogP contribution in [0.5, 0.6) is 5.75 Å². The van der Waals surface area contributed by atoms with Crippen LogP contribution in [0.2, 0.25) is 0 Å². The number of halogens is 1. The molecule has 2 unspecified atom stereocenters. The van der Waals surface area contributed by atoms with Gasteiger partial charge in [-0.15, -0.1) is 0 Å². The Balaban J connectivity index is 2.76. The average molecular weight is 296 g/mol. The number of aryl methyl sites for hydroxylation is 1. The standard InChI is InChI=1S/C16H25FN2O2/c1-5-9-19-16(4,15(18)20)10-12(3)21-13-8-6-7-11(2)14(13)17/h6-8,12,19H,5,9-10H2,1-4H3,(H2,18,20). The monoisotopic (exact) mass is 296 g/mol. The van der Waals surface area contributed by atoms with Gasteiger partial charge in [0.25, 0.3) is 0 Å². The average Bonchev–Trinajstić information content (AvgIpc) is 2.41. The first-order chi connectivity index (χ1) is 9.80. The van der Waals surface area contributed by atoms with E-state index in [1.807, 2.05) is 6.92 Å². The van der Waals surface area contributed by atoms with Gasteiger partial charge in [0.15, 0.2) is 11.6 Å². The van der Waals surface area contributed by atoms with E-state index >= 15 is 0 Å². The molecule has 0 radical (unpaired) electrons. The van der Waals surface area contributed by atoms with Gasteiger partial charge in [0.2, 0.25) is 5.91 Å². The van der Waals surface area contributed by atoms with Crippen LogP contribution >= 0.6 is 0 Å². The van der Waals surface area contributed by atoms with E-state index in [1.165, 1.54) is 0 Å². The molecule has 0 aliphatic rings. The topological polar surface area (TPSA) is 64.3 Å². The van der Waals surface area contributed by atoms with Crippen molar-refractivity contribution in [1.82, 2.24) is 5.32 Å². The lowest BCUT2D eigenvalue weighted by Crippen LogP contribution is -2.55. The van der Waals surface area contributed by atoms with Crippen molar-refractivity contribution in [2.75, 3.05) is 6.54 Å². The second-order valence-electron chi connectivity index (χ2n) is 5.64. The number of carbonyl (C=O) groups is 1. The van der Waals surface area contributed by atoms with Crippen LogP contribution in [0.4, 0.5) is 4.39 Å². The van der Waals surface area contributed by atoms with Gasteiger partial charge < -0.3 is 15.8 Å². The first kappa shape index (κ1) is 17.4. The van der Waals surface area contributed by atoms with Gasteiger partial charge in [-0.1, -0.05) is 19.1 Å². The summed E-state index contributed by atoms with van der Waals surface area (Å²) < 4.78 is 19.6. The summed E-state index contributed by atoms with van der Waals surface area (Å²) in [5, 5.41) is 3.14. The molecule has 0 bridgehead atoms. The molecule has 5 heteroatoms. The summed E-state index contributed by atoms with van der Waals surface area (Å²) >= 11 is 0. The summed E-state index contributed by atoms with van der Waals surface area (Å²) in [7, 11) is 0. The van der Waals surface area contributed by atoms with Crippen LogP contribution in [0.25, 0.3) is 0 Å². The van der Waals surface area contributed by atoms with Crippen molar-refractivity contribution >= 4 is 5.91 Å². The van der Waals surface area contributed by atoms with Gasteiger partial charge in [0, 0.05) is 6.42 Å². The zero-order valence-electron chi connectivity index (χ0n) is 13.2. The summed E-state index contributed by atoms with van der Waals surface area (Å²) in [5.74, 6) is -0.604. The number of nitrogens with two attached hydrogens (primary N) is 1. The molecule has 0 aliphatic heterocycles. The zero-order chi connectivity index (χ0) is 16.0. The van der Waals surface area contributed by atoms with Gasteiger partial charge >= 0.3 is 0 Å². The lowest BCUT2D eigenvalue weighted by molar-refractivity contribution is -0.124. The van der Waals surface area contributed by atoms with Gasteiger partial charge in [-0.3, -0.25) is 4.79 Å².